The minimum atomic E-state index is -1.61. The number of likely N-dealkylation sites (N-methyl/N-ethyl adjacent to an activating group) is 1. The summed E-state index contributed by atoms with van der Waals surface area (Å²) < 4.78 is 106. The van der Waals surface area contributed by atoms with Gasteiger partial charge in [-0.25, -0.2) is 77.8 Å². The van der Waals surface area contributed by atoms with Gasteiger partial charge >= 0.3 is 5.76 Å². The summed E-state index contributed by atoms with van der Waals surface area (Å²) in [5.41, 5.74) is 11.8. The Morgan fingerprint density at radius 3 is 1.32 bits per heavy atom. The third-order valence-corrected chi connectivity index (χ3v) is 25.3. The lowest BCUT2D eigenvalue weighted by molar-refractivity contribution is -0.122. The number of benzene rings is 2. The largest absolute Gasteiger partial charge is 0.437 e. The zero-order valence-electron chi connectivity index (χ0n) is 66.8. The molecule has 0 fully saturated rings. The molecule has 7 aliphatic heterocycles. The molecule has 2 aromatic carbocycles. The number of aryl methyl sites for hydroxylation is 3. The zero-order valence-corrected chi connectivity index (χ0v) is 71.7. The Morgan fingerprint density at radius 2 is 0.859 bits per heavy atom. The van der Waals surface area contributed by atoms with Crippen molar-refractivity contribution in [3.63, 3.8) is 0 Å². The second kappa shape index (κ2) is 36.1. The van der Waals surface area contributed by atoms with Crippen molar-refractivity contribution in [3.05, 3.63) is 261 Å². The fourth-order valence-corrected chi connectivity index (χ4v) is 17.7. The van der Waals surface area contributed by atoms with Gasteiger partial charge in [-0.05, 0) is 99.0 Å². The Labute approximate surface area is 734 Å². The van der Waals surface area contributed by atoms with Gasteiger partial charge in [0.25, 0.3) is 35.4 Å². The molecule has 0 saturated heterocycles. The summed E-state index contributed by atoms with van der Waals surface area (Å²) in [6.07, 6.45) is 40.4. The number of anilines is 1. The first-order chi connectivity index (χ1) is 61.5. The zero-order chi connectivity index (χ0) is 89.9. The van der Waals surface area contributed by atoms with E-state index in [2.05, 4.69) is 93.9 Å². The lowest BCUT2D eigenvalue weighted by Crippen LogP contribution is -2.33. The van der Waals surface area contributed by atoms with Crippen LogP contribution < -0.4 is 43.7 Å². The van der Waals surface area contributed by atoms with Crippen molar-refractivity contribution in [1.29, 1.82) is 0 Å². The lowest BCUT2D eigenvalue weighted by atomic mass is 9.85. The number of rotatable bonds is 14. The molecule has 14 aromatic rings. The maximum Gasteiger partial charge on any atom is 0.419 e. The summed E-state index contributed by atoms with van der Waals surface area (Å²) in [7, 11) is -6.05. The highest BCUT2D eigenvalue weighted by atomic mass is 32.2. The molecule has 0 aliphatic carbocycles. The van der Waals surface area contributed by atoms with Gasteiger partial charge in [-0.2, -0.15) is 35.7 Å². The van der Waals surface area contributed by atoms with Crippen LogP contribution in [0.2, 0.25) is 0 Å². The first-order valence-corrected chi connectivity index (χ1v) is 44.0. The van der Waals surface area contributed by atoms with E-state index in [1.165, 1.54) is 69.1 Å². The van der Waals surface area contributed by atoms with Crippen LogP contribution in [0.5, 0.6) is 11.6 Å². The minimum Gasteiger partial charge on any atom is -0.437 e. The Balaban J connectivity index is 0.000000113. The molecule has 0 radical (unpaired) electrons. The number of carbonyl (C=O) groups is 7. The normalized spacial score (nSPS) is 18.5. The number of nitrogens with zero attached hydrogens (tertiary/aromatic N) is 22. The molecule has 0 spiro atoms. The summed E-state index contributed by atoms with van der Waals surface area (Å²) in [5, 5.41) is 30.5. The van der Waals surface area contributed by atoms with E-state index in [-0.39, 0.29) is 22.8 Å². The Kier molecular flexibility index (Phi) is 24.1. The molecule has 128 heavy (non-hydrogen) atoms. The van der Waals surface area contributed by atoms with Gasteiger partial charge in [-0.1, -0.05) is 12.1 Å². The van der Waals surface area contributed by atoms with E-state index >= 15 is 0 Å². The van der Waals surface area contributed by atoms with Gasteiger partial charge in [0.1, 0.15) is 11.4 Å². The summed E-state index contributed by atoms with van der Waals surface area (Å²) in [6, 6.07) is 21.8. The monoisotopic (exact) mass is 1840 g/mol. The van der Waals surface area contributed by atoms with E-state index in [9.17, 15) is 63.6 Å². The predicted molar refractivity (Wildman–Crippen MR) is 465 cm³/mol. The van der Waals surface area contributed by atoms with Gasteiger partial charge in [0.2, 0.25) is 11.8 Å². The van der Waals surface area contributed by atoms with Crippen LogP contribution in [0, 0.1) is 13.8 Å². The van der Waals surface area contributed by atoms with Gasteiger partial charge in [-0.15, -0.1) is 0 Å². The van der Waals surface area contributed by atoms with Crippen LogP contribution in [0.15, 0.2) is 242 Å². The van der Waals surface area contributed by atoms with E-state index in [1.54, 1.807) is 190 Å². The van der Waals surface area contributed by atoms with Crippen molar-refractivity contribution in [2.75, 3.05) is 11.9 Å². The second-order valence-electron chi connectivity index (χ2n) is 27.8. The van der Waals surface area contributed by atoms with E-state index < -0.39 is 101 Å². The summed E-state index contributed by atoms with van der Waals surface area (Å²) >= 11 is 0. The first-order valence-electron chi connectivity index (χ1n) is 37.1. The third kappa shape index (κ3) is 18.5. The van der Waals surface area contributed by atoms with Gasteiger partial charge in [0.05, 0.1) is 83.2 Å². The smallest absolute Gasteiger partial charge is 0.419 e. The molecule has 0 bridgehead atoms. The van der Waals surface area contributed by atoms with Crippen LogP contribution in [0.25, 0.3) is 103 Å². The number of pyridine rings is 2. The van der Waals surface area contributed by atoms with E-state index in [1.807, 2.05) is 58.0 Å². The maximum atomic E-state index is 12.4. The van der Waals surface area contributed by atoms with Crippen LogP contribution in [0.1, 0.15) is 30.8 Å². The van der Waals surface area contributed by atoms with Crippen molar-refractivity contribution in [3.8, 4) is 73.3 Å². The molecule has 6 atom stereocenters. The van der Waals surface area contributed by atoms with Crippen LogP contribution in [0.4, 0.5) is 5.69 Å². The van der Waals surface area contributed by atoms with E-state index in [4.69, 9.17) is 9.15 Å². The quantitative estimate of drug-likeness (QED) is 0.0900. The standard InChI is InChI=1S/C17H16N4O3S.C16H11N5O3S.C14H10N4O4S.C12H11N5O2S.C10H7N5O2S.C9H7N5O2S/c1-17(2)12-6-10(4-5-13(12)20(3)16(17)23)11-8-18-21(9-11)15-7-14(22)19-25(15)24;22-14-6-16(25(23)20-14)21-10-12(8-19-21)11-3-4-15(18-7-11)24-13-2-1-5-17-9-13;1-17-10-3-2-8(4-11(10)22-14(17)20)9-6-15-18(7-9)13-5-12(19)16-23(13)21;1-7-4-13-12(8(2)15-7)9-5-14-17(6-9)11-3-10(18)16-20(11)19;16-8-4-9(18(17)14-8)15-6-7(5-13-15)10-11-2-1-3-12-10;15-8-4-9(17(16)12-8)14-6-7(5-11-14)13-3-1-2-10-13/h4-9H,1-3H3,(H,19,22);1-10H,(H,20,22);2-7H,1H3,(H,16,19);3-6H,1-2H3,(H,16,18);1-6H,(H,14,16);1-6H,(H,12,15). The molecule has 7 aliphatic rings. The Morgan fingerprint density at radius 1 is 0.406 bits per heavy atom. The van der Waals surface area contributed by atoms with Gasteiger partial charge in [-0.3, -0.25) is 81.4 Å². The number of ether oxygens (including phenoxy) is 1. The SMILES string of the molecule is CN1C(=O)C(C)(C)c2cc(-c3cnn(C4=CC(=O)NS4=O)c3)ccc21.Cc1cnc(-c2cnn(C3=CC(=O)NS3=O)c2)c(C)n1.Cn1c(=O)oc2cc(-c3cnn(C4=CC(=O)NS4=O)c3)ccc21.O=C1C=C(n2cc(-c3ccc(Oc4cccnc4)nc3)cn2)S(=O)N1.O=C1C=C(n2cc(-c3ncccn3)cn2)S(=O)N1.O=C1C=C(n2cc(-n3cccn3)cn2)S(=O)N1. The average Bonchev–Trinajstić information content (AvgIpc) is 1.59. The molecular formula is C78H62N28O16S6. The van der Waals surface area contributed by atoms with Crippen molar-refractivity contribution in [2.24, 2.45) is 7.05 Å². The Hall–Kier alpha value is -15.9. The van der Waals surface area contributed by atoms with Crippen molar-refractivity contribution >= 4 is 154 Å². The fourth-order valence-electron chi connectivity index (χ4n) is 12.7. The van der Waals surface area contributed by atoms with Crippen molar-refractivity contribution in [1.82, 2.24) is 131 Å². The van der Waals surface area contributed by atoms with Crippen molar-refractivity contribution < 1.29 is 68.0 Å². The first kappa shape index (κ1) is 85.6. The molecule has 6 N–H and O–H groups in total. The second-order valence-corrected chi connectivity index (χ2v) is 34.8. The number of carbonyl (C=O) groups excluding carboxylic acids is 7. The van der Waals surface area contributed by atoms with Crippen molar-refractivity contribution in [2.45, 2.75) is 33.1 Å². The van der Waals surface area contributed by atoms with Crippen LogP contribution in [-0.4, -0.2) is 177 Å². The highest BCUT2D eigenvalue weighted by Gasteiger charge is 2.42. The molecular weight excluding hydrogens is 1780 g/mol. The molecule has 6 unspecified atom stereocenters. The van der Waals surface area contributed by atoms with Gasteiger partial charge in [0.15, 0.2) is 107 Å². The van der Waals surface area contributed by atoms with E-state index in [0.29, 0.717) is 65.0 Å². The fraction of sp³-hybridized carbons (Fsp3) is 0.0897. The van der Waals surface area contributed by atoms with Gasteiger partial charge in [0, 0.05) is 164 Å². The molecule has 12 aromatic heterocycles. The van der Waals surface area contributed by atoms with Crippen LogP contribution in [-0.2, 0) is 112 Å². The van der Waals surface area contributed by atoms with E-state index in [0.717, 1.165) is 67.3 Å². The van der Waals surface area contributed by atoms with Crippen LogP contribution in [0.3, 0.4) is 0 Å². The number of oxazole rings is 1. The lowest BCUT2D eigenvalue weighted by Gasteiger charge is -2.16. The minimum absolute atomic E-state index is 0.0615. The van der Waals surface area contributed by atoms with Crippen LogP contribution >= 0.6 is 0 Å². The predicted octanol–water partition coefficient (Wildman–Crippen LogP) is 3.85. The molecule has 44 nitrogen and oxygen atoms in total. The topological polar surface area (TPSA) is 544 Å². The Bertz CT molecular complexity index is 7300. The third-order valence-electron chi connectivity index (χ3n) is 18.9. The average molecular weight is 1840 g/mol. The number of hydrogen-bond acceptors (Lipinski definition) is 29. The maximum absolute atomic E-state index is 12.4. The molecule has 21 rings (SSSR count). The number of aromatic nitrogens is 21. The molecule has 0 saturated carbocycles. The van der Waals surface area contributed by atoms with Gasteiger partial charge < -0.3 is 14.1 Å². The molecule has 50 heteroatoms. The molecule has 7 amide bonds. The highest BCUT2D eigenvalue weighted by Crippen LogP contribution is 2.43. The number of nitrogens with one attached hydrogen (secondary N) is 6. The highest BCUT2D eigenvalue weighted by molar-refractivity contribution is 7.95. The number of fused-ring (bicyclic) bond motifs is 2. The summed E-state index contributed by atoms with van der Waals surface area (Å²) in [5.74, 6) is -1.17. The molecule has 646 valence electrons. The molecule has 19 heterocycles. The number of hydrogen-bond donors (Lipinski definition) is 6. The number of amides is 7. The summed E-state index contributed by atoms with van der Waals surface area (Å²) in [4.78, 5) is 118. The summed E-state index contributed by atoms with van der Waals surface area (Å²) in [6.45, 7) is 7.56.